The van der Waals surface area contributed by atoms with Crippen molar-refractivity contribution in [3.8, 4) is 0 Å². The molecule has 0 fully saturated rings. The van der Waals surface area contributed by atoms with Crippen molar-refractivity contribution in [3.05, 3.63) is 120 Å². The molecule has 0 radical (unpaired) electrons. The summed E-state index contributed by atoms with van der Waals surface area (Å²) in [5.41, 5.74) is 5.70. The first-order chi connectivity index (χ1) is 17.3. The number of carbonyl (C=O) groups excluding carboxylic acids is 1. The Morgan fingerprint density at radius 3 is 2.06 bits per heavy atom. The first kappa shape index (κ1) is 21.4. The minimum atomic E-state index is -0.218. The van der Waals surface area contributed by atoms with Gasteiger partial charge in [-0.25, -0.2) is 9.97 Å². The van der Waals surface area contributed by atoms with Gasteiger partial charge in [0.15, 0.2) is 5.16 Å². The van der Waals surface area contributed by atoms with Crippen LogP contribution in [0.5, 0.6) is 0 Å². The first-order valence-corrected chi connectivity index (χ1v) is 12.4. The summed E-state index contributed by atoms with van der Waals surface area (Å²) in [5.74, 6) is 0.184. The predicted octanol–water partition coefficient (Wildman–Crippen LogP) is 6.03. The molecule has 6 rings (SSSR count). The number of fused-ring (bicyclic) bond motifs is 5. The van der Waals surface area contributed by atoms with Gasteiger partial charge in [0.2, 0.25) is 5.91 Å². The number of imidazole rings is 1. The Hall–Kier alpha value is -4.16. The fourth-order valence-corrected chi connectivity index (χ4v) is 5.21. The fraction of sp³-hybridized carbons (Fsp3) is 0.0690. The minimum absolute atomic E-state index is 0.0553. The molecule has 6 aromatic rings. The second-order valence-electron chi connectivity index (χ2n) is 8.28. The summed E-state index contributed by atoms with van der Waals surface area (Å²) in [6.45, 7) is 0. The van der Waals surface area contributed by atoms with Crippen molar-refractivity contribution in [1.29, 1.82) is 0 Å². The van der Waals surface area contributed by atoms with Crippen molar-refractivity contribution < 1.29 is 4.79 Å². The summed E-state index contributed by atoms with van der Waals surface area (Å²) in [4.78, 5) is 23.0. The average Bonchev–Trinajstić information content (AvgIpc) is 3.32. The Morgan fingerprint density at radius 2 is 1.34 bits per heavy atom. The zero-order valence-electron chi connectivity index (χ0n) is 18.8. The summed E-state index contributed by atoms with van der Waals surface area (Å²) in [6, 6.07) is 35.9. The van der Waals surface area contributed by atoms with Gasteiger partial charge in [0.1, 0.15) is 5.65 Å². The van der Waals surface area contributed by atoms with Crippen LogP contribution in [-0.2, 0) is 4.79 Å². The molecule has 0 aliphatic heterocycles. The maximum absolute atomic E-state index is 13.2. The van der Waals surface area contributed by atoms with Gasteiger partial charge >= 0.3 is 0 Å². The van der Waals surface area contributed by atoms with Crippen molar-refractivity contribution in [2.24, 2.45) is 0 Å². The van der Waals surface area contributed by atoms with Gasteiger partial charge in [-0.2, -0.15) is 0 Å². The largest absolute Gasteiger partial charge is 0.344 e. The Kier molecular flexibility index (Phi) is 5.64. The monoisotopic (exact) mass is 474 g/mol. The van der Waals surface area contributed by atoms with Gasteiger partial charge < -0.3 is 5.32 Å². The topological polar surface area (TPSA) is 59.3 Å². The standard InChI is InChI=1S/C29H22N4OS/c34-26(32-27(20-11-3-1-4-12-20)21-13-5-2-6-14-21)19-35-29-31-23-16-8-7-15-22(23)28-30-24-17-9-10-18-25(24)33(28)29/h1-18,27H,19H2,(H,32,34). The highest BCUT2D eigenvalue weighted by Crippen LogP contribution is 2.29. The van der Waals surface area contributed by atoms with E-state index in [1.165, 1.54) is 11.8 Å². The molecule has 0 spiro atoms. The maximum atomic E-state index is 13.2. The number of hydrogen-bond donors (Lipinski definition) is 1. The third-order valence-electron chi connectivity index (χ3n) is 6.02. The van der Waals surface area contributed by atoms with Crippen LogP contribution in [0.3, 0.4) is 0 Å². The molecule has 0 aliphatic carbocycles. The van der Waals surface area contributed by atoms with Gasteiger partial charge in [-0.05, 0) is 35.4 Å². The van der Waals surface area contributed by atoms with Crippen molar-refractivity contribution in [3.63, 3.8) is 0 Å². The van der Waals surface area contributed by atoms with Crippen LogP contribution in [0.2, 0.25) is 0 Å². The molecule has 2 heterocycles. The van der Waals surface area contributed by atoms with Crippen LogP contribution < -0.4 is 5.32 Å². The van der Waals surface area contributed by atoms with Crippen LogP contribution in [0.25, 0.3) is 27.6 Å². The summed E-state index contributed by atoms with van der Waals surface area (Å²) in [6.07, 6.45) is 0. The summed E-state index contributed by atoms with van der Waals surface area (Å²) >= 11 is 1.42. The lowest BCUT2D eigenvalue weighted by Gasteiger charge is -2.20. The molecule has 1 amide bonds. The maximum Gasteiger partial charge on any atom is 0.231 e. The number of nitrogens with zero attached hydrogens (tertiary/aromatic N) is 3. The van der Waals surface area contributed by atoms with E-state index in [1.807, 2.05) is 109 Å². The minimum Gasteiger partial charge on any atom is -0.344 e. The van der Waals surface area contributed by atoms with E-state index in [0.717, 1.165) is 43.9 Å². The third-order valence-corrected chi connectivity index (χ3v) is 6.96. The quantitative estimate of drug-likeness (QED) is 0.236. The molecular weight excluding hydrogens is 452 g/mol. The molecule has 4 aromatic carbocycles. The summed E-state index contributed by atoms with van der Waals surface area (Å²) < 4.78 is 2.06. The zero-order chi connectivity index (χ0) is 23.6. The number of benzene rings is 4. The molecular formula is C29H22N4OS. The second-order valence-corrected chi connectivity index (χ2v) is 9.22. The van der Waals surface area contributed by atoms with Gasteiger partial charge in [-0.3, -0.25) is 9.20 Å². The van der Waals surface area contributed by atoms with Crippen LogP contribution >= 0.6 is 11.8 Å². The number of thioether (sulfide) groups is 1. The van der Waals surface area contributed by atoms with Crippen molar-refractivity contribution in [2.75, 3.05) is 5.75 Å². The molecule has 2 aromatic heterocycles. The van der Waals surface area contributed by atoms with Crippen LogP contribution in [0.4, 0.5) is 0 Å². The second kappa shape index (κ2) is 9.24. The molecule has 0 bridgehead atoms. The third kappa shape index (κ3) is 4.13. The van der Waals surface area contributed by atoms with E-state index >= 15 is 0 Å². The average molecular weight is 475 g/mol. The Balaban J connectivity index is 1.33. The summed E-state index contributed by atoms with van der Waals surface area (Å²) in [5, 5.41) is 4.96. The Labute approximate surface area is 206 Å². The first-order valence-electron chi connectivity index (χ1n) is 11.5. The lowest BCUT2D eigenvalue weighted by Crippen LogP contribution is -2.30. The molecule has 0 atom stereocenters. The number of rotatable bonds is 6. The van der Waals surface area contributed by atoms with E-state index in [9.17, 15) is 4.79 Å². The molecule has 1 N–H and O–H groups in total. The number of aromatic nitrogens is 3. The van der Waals surface area contributed by atoms with E-state index in [4.69, 9.17) is 9.97 Å². The highest BCUT2D eigenvalue weighted by Gasteiger charge is 2.19. The van der Waals surface area contributed by atoms with Crippen LogP contribution in [0, 0.1) is 0 Å². The molecule has 5 nitrogen and oxygen atoms in total. The van der Waals surface area contributed by atoms with Crippen LogP contribution in [0.15, 0.2) is 114 Å². The van der Waals surface area contributed by atoms with E-state index in [2.05, 4.69) is 9.72 Å². The van der Waals surface area contributed by atoms with Gasteiger partial charge in [-0.1, -0.05) is 96.7 Å². The van der Waals surface area contributed by atoms with E-state index in [1.54, 1.807) is 0 Å². The fourth-order valence-electron chi connectivity index (χ4n) is 4.39. The number of amides is 1. The SMILES string of the molecule is O=C(CSc1nc2ccccc2c2nc3ccccc3n12)NC(c1ccccc1)c1ccccc1. The lowest BCUT2D eigenvalue weighted by atomic mass is 9.99. The lowest BCUT2D eigenvalue weighted by molar-refractivity contribution is -0.119. The van der Waals surface area contributed by atoms with Gasteiger partial charge in [0, 0.05) is 5.39 Å². The highest BCUT2D eigenvalue weighted by molar-refractivity contribution is 7.99. The molecule has 0 unspecified atom stereocenters. The number of carbonyl (C=O) groups is 1. The van der Waals surface area contributed by atoms with Crippen LogP contribution in [-0.4, -0.2) is 26.0 Å². The van der Waals surface area contributed by atoms with E-state index < -0.39 is 0 Å². The smallest absolute Gasteiger partial charge is 0.231 e. The van der Waals surface area contributed by atoms with Gasteiger partial charge in [0.05, 0.1) is 28.3 Å². The highest BCUT2D eigenvalue weighted by atomic mass is 32.2. The van der Waals surface area contributed by atoms with Gasteiger partial charge in [0.25, 0.3) is 0 Å². The number of para-hydroxylation sites is 3. The van der Waals surface area contributed by atoms with Crippen molar-refractivity contribution in [2.45, 2.75) is 11.2 Å². The number of hydrogen-bond acceptors (Lipinski definition) is 4. The van der Waals surface area contributed by atoms with Crippen molar-refractivity contribution >= 4 is 45.3 Å². The van der Waals surface area contributed by atoms with E-state index in [0.29, 0.717) is 0 Å². The molecule has 0 aliphatic rings. The Bertz CT molecular complexity index is 1610. The predicted molar refractivity (Wildman–Crippen MR) is 142 cm³/mol. The summed E-state index contributed by atoms with van der Waals surface area (Å²) in [7, 11) is 0. The number of nitrogens with one attached hydrogen (secondary N) is 1. The van der Waals surface area contributed by atoms with Gasteiger partial charge in [-0.15, -0.1) is 0 Å². The molecule has 0 saturated heterocycles. The molecule has 6 heteroatoms. The van der Waals surface area contributed by atoms with E-state index in [-0.39, 0.29) is 17.7 Å². The normalized spacial score (nSPS) is 11.5. The van der Waals surface area contributed by atoms with Crippen LogP contribution in [0.1, 0.15) is 17.2 Å². The Morgan fingerprint density at radius 1 is 0.743 bits per heavy atom. The van der Waals surface area contributed by atoms with Crippen molar-refractivity contribution in [1.82, 2.24) is 19.7 Å². The molecule has 170 valence electrons. The molecule has 35 heavy (non-hydrogen) atoms. The molecule has 0 saturated carbocycles. The zero-order valence-corrected chi connectivity index (χ0v) is 19.7.